The maximum absolute atomic E-state index is 13.8. The molecule has 4 rings (SSSR count). The zero-order valence-electron chi connectivity index (χ0n) is 26.9. The first-order valence-electron chi connectivity index (χ1n) is 15.4. The van der Waals surface area contributed by atoms with Gasteiger partial charge in [0.15, 0.2) is 5.43 Å². The molecule has 0 bridgehead atoms. The first-order chi connectivity index (χ1) is 20.6. The molecule has 0 aliphatic heterocycles. The molecule has 0 saturated heterocycles. The van der Waals surface area contributed by atoms with Crippen molar-refractivity contribution in [1.29, 1.82) is 0 Å². The van der Waals surface area contributed by atoms with Gasteiger partial charge in [0.25, 0.3) is 5.91 Å². The normalized spacial score (nSPS) is 16.7. The minimum Gasteiger partial charge on any atom is -0.491 e. The number of H-pyrrole nitrogens is 1. The summed E-state index contributed by atoms with van der Waals surface area (Å²) >= 11 is 0. The van der Waals surface area contributed by atoms with Crippen molar-refractivity contribution in [3.05, 3.63) is 80.8 Å². The van der Waals surface area contributed by atoms with Gasteiger partial charge in [0.1, 0.15) is 12.4 Å². The predicted molar refractivity (Wildman–Crippen MR) is 174 cm³/mol. The first kappa shape index (κ1) is 32.3. The Bertz CT molecular complexity index is 1440. The average Bonchev–Trinajstić information content (AvgIpc) is 2.98. The Hall–Kier alpha value is -3.62. The largest absolute Gasteiger partial charge is 0.491 e. The molecule has 0 atom stereocenters. The zero-order chi connectivity index (χ0) is 31.1. The molecule has 2 N–H and O–H groups in total. The Morgan fingerprint density at radius 3 is 2.23 bits per heavy atom. The van der Waals surface area contributed by atoms with Crippen molar-refractivity contribution in [1.82, 2.24) is 15.2 Å². The van der Waals surface area contributed by atoms with Crippen LogP contribution in [0.4, 0.5) is 5.69 Å². The van der Waals surface area contributed by atoms with E-state index in [1.54, 1.807) is 13.2 Å². The summed E-state index contributed by atoms with van der Waals surface area (Å²) in [5.41, 5.74) is 6.72. The number of hydrogen-bond acceptors (Lipinski definition) is 6. The van der Waals surface area contributed by atoms with Gasteiger partial charge >= 0.3 is 0 Å². The lowest BCUT2D eigenvalue weighted by atomic mass is 9.88. The summed E-state index contributed by atoms with van der Waals surface area (Å²) < 4.78 is 10.9. The molecule has 1 fully saturated rings. The van der Waals surface area contributed by atoms with Gasteiger partial charge in [-0.3, -0.25) is 9.59 Å². The van der Waals surface area contributed by atoms with E-state index in [-0.39, 0.29) is 17.9 Å². The van der Waals surface area contributed by atoms with E-state index < -0.39 is 0 Å². The Balaban J connectivity index is 1.68. The van der Waals surface area contributed by atoms with Gasteiger partial charge in [-0.05, 0) is 108 Å². The molecule has 232 valence electrons. The molecule has 8 heteroatoms. The highest BCUT2D eigenvalue weighted by molar-refractivity contribution is 5.99. The Labute approximate surface area is 256 Å². The minimum absolute atomic E-state index is 0.0708. The number of nitrogens with one attached hydrogen (secondary N) is 2. The third kappa shape index (κ3) is 7.86. The molecule has 1 aliphatic carbocycles. The van der Waals surface area contributed by atoms with Gasteiger partial charge in [-0.25, -0.2) is 0 Å². The van der Waals surface area contributed by atoms with Crippen molar-refractivity contribution in [2.45, 2.75) is 72.0 Å². The molecule has 1 aliphatic rings. The molecule has 3 aromatic rings. The smallest absolute Gasteiger partial charge is 0.251 e. The summed E-state index contributed by atoms with van der Waals surface area (Å²) in [6.45, 7) is 10.00. The number of nitrogens with zero attached hydrogens (tertiary/aromatic N) is 2. The predicted octanol–water partition coefficient (Wildman–Crippen LogP) is 5.62. The number of hydrogen-bond donors (Lipinski definition) is 2. The second kappa shape index (κ2) is 14.7. The number of pyridine rings is 1. The van der Waals surface area contributed by atoms with Crippen LogP contribution < -0.4 is 20.4 Å². The summed E-state index contributed by atoms with van der Waals surface area (Å²) in [6, 6.07) is 14.8. The van der Waals surface area contributed by atoms with Gasteiger partial charge in [0.2, 0.25) is 0 Å². The lowest BCUT2D eigenvalue weighted by molar-refractivity contribution is 0.0950. The van der Waals surface area contributed by atoms with Crippen molar-refractivity contribution < 1.29 is 14.3 Å². The minimum atomic E-state index is -0.188. The first-order valence-corrected chi connectivity index (χ1v) is 15.4. The highest BCUT2D eigenvalue weighted by Crippen LogP contribution is 2.36. The van der Waals surface area contributed by atoms with Crippen LogP contribution in [0.1, 0.15) is 65.5 Å². The number of rotatable bonds is 12. The highest BCUT2D eigenvalue weighted by atomic mass is 16.5. The Morgan fingerprint density at radius 1 is 0.953 bits per heavy atom. The quantitative estimate of drug-likeness (QED) is 0.267. The third-order valence-electron chi connectivity index (χ3n) is 8.76. The maximum atomic E-state index is 13.8. The molecule has 0 radical (unpaired) electrons. The van der Waals surface area contributed by atoms with Gasteiger partial charge in [0.05, 0.1) is 6.61 Å². The van der Waals surface area contributed by atoms with Crippen LogP contribution in [0.5, 0.6) is 5.75 Å². The molecule has 1 saturated carbocycles. The van der Waals surface area contributed by atoms with Crippen LogP contribution in [0.25, 0.3) is 11.1 Å². The number of ether oxygens (including phenoxy) is 2. The summed E-state index contributed by atoms with van der Waals surface area (Å²) in [4.78, 5) is 34.5. The van der Waals surface area contributed by atoms with Crippen molar-refractivity contribution in [3.8, 4) is 16.9 Å². The molecule has 8 nitrogen and oxygen atoms in total. The van der Waals surface area contributed by atoms with Gasteiger partial charge in [0, 0.05) is 66.6 Å². The topological polar surface area (TPSA) is 86.9 Å². The lowest BCUT2D eigenvalue weighted by Crippen LogP contribution is -2.42. The number of aryl methyl sites for hydroxylation is 2. The Kier molecular flexibility index (Phi) is 11.0. The number of carbonyl (C=O) groups is 1. The van der Waals surface area contributed by atoms with Crippen molar-refractivity contribution in [2.24, 2.45) is 0 Å². The van der Waals surface area contributed by atoms with Crippen LogP contribution >= 0.6 is 0 Å². The molecular weight excluding hydrogens is 540 g/mol. The second-order valence-electron chi connectivity index (χ2n) is 11.8. The van der Waals surface area contributed by atoms with E-state index in [0.29, 0.717) is 36.4 Å². The van der Waals surface area contributed by atoms with Crippen molar-refractivity contribution >= 4 is 11.6 Å². The molecule has 1 heterocycles. The van der Waals surface area contributed by atoms with E-state index in [1.165, 1.54) is 0 Å². The fraction of sp³-hybridized carbons (Fsp3) is 0.486. The van der Waals surface area contributed by atoms with Crippen LogP contribution in [-0.2, 0) is 11.3 Å². The summed E-state index contributed by atoms with van der Waals surface area (Å²) in [5, 5.41) is 3.04. The van der Waals surface area contributed by atoms with Crippen molar-refractivity contribution in [2.75, 3.05) is 45.9 Å². The third-order valence-corrected chi connectivity index (χ3v) is 8.76. The molecule has 43 heavy (non-hydrogen) atoms. The number of benzene rings is 2. The number of amides is 1. The summed E-state index contributed by atoms with van der Waals surface area (Å²) in [7, 11) is 5.99. The SMILES string of the molecule is CCN(c1cc(-c2ccc(OCCOC)cc2)cc(C(=O)NCc2c(C)[nH]c(C)cc2=O)c1C)C1CCC(N(C)C)CC1. The fourth-order valence-corrected chi connectivity index (χ4v) is 6.26. The van der Waals surface area contributed by atoms with E-state index in [2.05, 4.69) is 47.2 Å². The molecule has 0 spiro atoms. The maximum Gasteiger partial charge on any atom is 0.251 e. The van der Waals surface area contributed by atoms with Crippen LogP contribution in [-0.4, -0.2) is 68.8 Å². The summed E-state index contributed by atoms with van der Waals surface area (Å²) in [6.07, 6.45) is 4.56. The van der Waals surface area contributed by atoms with Crippen molar-refractivity contribution in [3.63, 3.8) is 0 Å². The number of carbonyl (C=O) groups excluding carboxylic acids is 1. The van der Waals surface area contributed by atoms with Gasteiger partial charge in [-0.1, -0.05) is 12.1 Å². The van der Waals surface area contributed by atoms with E-state index in [1.807, 2.05) is 51.1 Å². The highest BCUT2D eigenvalue weighted by Gasteiger charge is 2.28. The van der Waals surface area contributed by atoms with Crippen LogP contribution in [0.2, 0.25) is 0 Å². The Morgan fingerprint density at radius 2 is 1.63 bits per heavy atom. The summed E-state index contributed by atoms with van der Waals surface area (Å²) in [5.74, 6) is 0.587. The number of aromatic nitrogens is 1. The molecule has 1 amide bonds. The van der Waals surface area contributed by atoms with Gasteiger partial charge in [-0.2, -0.15) is 0 Å². The number of methoxy groups -OCH3 is 1. The molecule has 2 aromatic carbocycles. The van der Waals surface area contributed by atoms with E-state index in [0.717, 1.165) is 71.7 Å². The van der Waals surface area contributed by atoms with E-state index >= 15 is 0 Å². The second-order valence-corrected chi connectivity index (χ2v) is 11.8. The van der Waals surface area contributed by atoms with Crippen LogP contribution in [0, 0.1) is 20.8 Å². The van der Waals surface area contributed by atoms with E-state index in [9.17, 15) is 9.59 Å². The average molecular weight is 589 g/mol. The molecular formula is C35H48N4O4. The van der Waals surface area contributed by atoms with Gasteiger partial charge < -0.3 is 29.6 Å². The standard InChI is InChI=1S/C35H48N4O4/c1-8-39(29-13-11-28(12-14-29)38(5)6)33-21-27(26-9-15-30(16-10-26)43-18-17-42-7)20-31(24(33)3)35(41)36-22-32-25(4)37-23(2)19-34(32)40/h9-10,15-16,19-21,28-29H,8,11-14,17-18,22H2,1-7H3,(H,36,41)(H,37,40). The van der Waals surface area contributed by atoms with E-state index in [4.69, 9.17) is 9.47 Å². The number of anilines is 1. The monoisotopic (exact) mass is 588 g/mol. The zero-order valence-corrected chi connectivity index (χ0v) is 26.9. The molecule has 1 aromatic heterocycles. The fourth-order valence-electron chi connectivity index (χ4n) is 6.26. The van der Waals surface area contributed by atoms with Crippen LogP contribution in [0.3, 0.4) is 0 Å². The molecule has 0 unspecified atom stereocenters. The number of aromatic amines is 1. The van der Waals surface area contributed by atoms with Gasteiger partial charge in [-0.15, -0.1) is 0 Å². The van der Waals surface area contributed by atoms with Crippen LogP contribution in [0.15, 0.2) is 47.3 Å². The lowest BCUT2D eigenvalue weighted by Gasteiger charge is -2.40.